The van der Waals surface area contributed by atoms with Crippen molar-refractivity contribution >= 4 is 23.7 Å². The number of allylic oxidation sites excluding steroid dienone is 1. The maximum absolute atomic E-state index is 14.4. The zero-order valence-electron chi connectivity index (χ0n) is 24.6. The number of benzene rings is 1. The fourth-order valence-electron chi connectivity index (χ4n) is 7.79. The molecular formula is C33H41N3O7. The molecule has 0 aromatic heterocycles. The van der Waals surface area contributed by atoms with Gasteiger partial charge in [0.2, 0.25) is 17.7 Å². The lowest BCUT2D eigenvalue weighted by molar-refractivity contribution is -0.161. The third-order valence-electron chi connectivity index (χ3n) is 9.73. The Bertz CT molecular complexity index is 1290. The molecule has 43 heavy (non-hydrogen) atoms. The Morgan fingerprint density at radius 3 is 2.53 bits per heavy atom. The minimum Gasteiger partial charge on any atom is -0.455 e. The van der Waals surface area contributed by atoms with E-state index in [-0.39, 0.29) is 37.4 Å². The summed E-state index contributed by atoms with van der Waals surface area (Å²) in [6.07, 6.45) is 11.3. The van der Waals surface area contributed by atoms with E-state index in [2.05, 4.69) is 5.32 Å². The van der Waals surface area contributed by atoms with Crippen LogP contribution < -0.4 is 5.32 Å². The Morgan fingerprint density at radius 2 is 1.79 bits per heavy atom. The largest absolute Gasteiger partial charge is 0.455 e. The van der Waals surface area contributed by atoms with Crippen LogP contribution in [0, 0.1) is 11.8 Å². The summed E-state index contributed by atoms with van der Waals surface area (Å²) < 4.78 is 12.9. The predicted octanol–water partition coefficient (Wildman–Crippen LogP) is 2.43. The molecule has 6 rings (SSSR count). The molecule has 1 saturated carbocycles. The van der Waals surface area contributed by atoms with Gasteiger partial charge in [0.05, 0.1) is 24.7 Å². The van der Waals surface area contributed by atoms with Crippen molar-refractivity contribution in [1.82, 2.24) is 15.1 Å². The van der Waals surface area contributed by atoms with Gasteiger partial charge in [0.15, 0.2) is 0 Å². The molecule has 1 aliphatic carbocycles. The molecule has 2 N–H and O–H groups in total. The van der Waals surface area contributed by atoms with E-state index in [1.165, 1.54) is 4.90 Å². The zero-order valence-corrected chi connectivity index (χ0v) is 24.6. The Hall–Kier alpha value is -3.50. The molecule has 1 aromatic carbocycles. The summed E-state index contributed by atoms with van der Waals surface area (Å²) in [7, 11) is 0. The van der Waals surface area contributed by atoms with E-state index in [0.29, 0.717) is 18.5 Å². The molecule has 4 aliphatic heterocycles. The van der Waals surface area contributed by atoms with E-state index in [4.69, 9.17) is 9.47 Å². The Labute approximate surface area is 252 Å². The number of carbonyl (C=O) groups excluding carboxylic acids is 4. The van der Waals surface area contributed by atoms with Crippen molar-refractivity contribution in [2.24, 2.45) is 11.8 Å². The number of hydrogen-bond acceptors (Lipinski definition) is 7. The van der Waals surface area contributed by atoms with Gasteiger partial charge in [-0.25, -0.2) is 0 Å². The van der Waals surface area contributed by atoms with E-state index in [9.17, 15) is 24.3 Å². The number of nitrogens with zero attached hydrogens (tertiary/aromatic N) is 2. The zero-order chi connectivity index (χ0) is 30.1. The van der Waals surface area contributed by atoms with Gasteiger partial charge >= 0.3 is 5.97 Å². The molecule has 3 amide bonds. The summed E-state index contributed by atoms with van der Waals surface area (Å²) in [6, 6.07) is 7.75. The highest BCUT2D eigenvalue weighted by Gasteiger charge is 2.72. The van der Waals surface area contributed by atoms with E-state index < -0.39 is 53.6 Å². The molecule has 0 bridgehead atoms. The summed E-state index contributed by atoms with van der Waals surface area (Å²) in [4.78, 5) is 58.8. The van der Waals surface area contributed by atoms with Crippen LogP contribution in [0.2, 0.25) is 0 Å². The third kappa shape index (κ3) is 5.29. The Kier molecular flexibility index (Phi) is 8.42. The van der Waals surface area contributed by atoms with Crippen molar-refractivity contribution in [3.8, 4) is 0 Å². The van der Waals surface area contributed by atoms with Crippen molar-refractivity contribution < 1.29 is 33.8 Å². The summed E-state index contributed by atoms with van der Waals surface area (Å²) in [5.74, 6) is -3.43. The van der Waals surface area contributed by atoms with E-state index in [1.807, 2.05) is 47.4 Å². The number of carbonyl (C=O) groups is 4. The summed E-state index contributed by atoms with van der Waals surface area (Å²) in [6.45, 7) is 1.83. The summed E-state index contributed by atoms with van der Waals surface area (Å²) in [5, 5.41) is 12.9. The lowest BCUT2D eigenvalue weighted by Gasteiger charge is -2.39. The van der Waals surface area contributed by atoms with Crippen molar-refractivity contribution in [2.75, 3.05) is 19.7 Å². The molecule has 3 fully saturated rings. The highest BCUT2D eigenvalue weighted by Crippen LogP contribution is 2.53. The number of likely N-dealkylation sites (tertiary alicyclic amines) is 1. The second kappa shape index (κ2) is 12.2. The molecule has 1 spiro atoms. The van der Waals surface area contributed by atoms with Crippen molar-refractivity contribution in [3.63, 3.8) is 0 Å². The first-order valence-electron chi connectivity index (χ1n) is 15.6. The van der Waals surface area contributed by atoms with Gasteiger partial charge in [0, 0.05) is 25.6 Å². The number of nitrogens with one attached hydrogen (secondary N) is 1. The van der Waals surface area contributed by atoms with Crippen molar-refractivity contribution in [1.29, 1.82) is 0 Å². The molecule has 0 unspecified atom stereocenters. The number of esters is 1. The molecule has 230 valence electrons. The average molecular weight is 592 g/mol. The maximum Gasteiger partial charge on any atom is 0.313 e. The van der Waals surface area contributed by atoms with Crippen molar-refractivity contribution in [2.45, 2.75) is 87.8 Å². The van der Waals surface area contributed by atoms with Crippen LogP contribution in [-0.2, 0) is 28.7 Å². The van der Waals surface area contributed by atoms with Gasteiger partial charge in [-0.15, -0.1) is 0 Å². The molecular weight excluding hydrogens is 550 g/mol. The van der Waals surface area contributed by atoms with Gasteiger partial charge in [-0.05, 0) is 31.7 Å². The fraction of sp³-hybridized carbons (Fsp3) is 0.576. The maximum atomic E-state index is 14.4. The number of hydrogen-bond donors (Lipinski definition) is 2. The first kappa shape index (κ1) is 29.6. The topological polar surface area (TPSA) is 125 Å². The minimum atomic E-state index is -1.40. The van der Waals surface area contributed by atoms with Gasteiger partial charge in [0.1, 0.15) is 23.7 Å². The highest BCUT2D eigenvalue weighted by molar-refractivity contribution is 5.99. The van der Waals surface area contributed by atoms with E-state index in [1.54, 1.807) is 19.1 Å². The van der Waals surface area contributed by atoms with Crippen LogP contribution >= 0.6 is 0 Å². The van der Waals surface area contributed by atoms with Crippen LogP contribution in [-0.4, -0.2) is 88.1 Å². The molecule has 4 heterocycles. The van der Waals surface area contributed by atoms with E-state index >= 15 is 0 Å². The second-order valence-corrected chi connectivity index (χ2v) is 12.4. The van der Waals surface area contributed by atoms with Crippen LogP contribution in [0.4, 0.5) is 0 Å². The van der Waals surface area contributed by atoms with Crippen LogP contribution in [0.25, 0.3) is 0 Å². The number of aliphatic hydroxyl groups excluding tert-OH is 1. The second-order valence-electron chi connectivity index (χ2n) is 12.4. The van der Waals surface area contributed by atoms with Crippen LogP contribution in [0.1, 0.15) is 63.5 Å². The molecule has 5 aliphatic rings. The number of cyclic esters (lactones) is 1. The van der Waals surface area contributed by atoms with Crippen LogP contribution in [0.15, 0.2) is 54.6 Å². The third-order valence-corrected chi connectivity index (χ3v) is 9.73. The van der Waals surface area contributed by atoms with Crippen molar-refractivity contribution in [3.05, 3.63) is 60.2 Å². The van der Waals surface area contributed by atoms with Gasteiger partial charge in [-0.1, -0.05) is 73.9 Å². The monoisotopic (exact) mass is 591 g/mol. The molecule has 7 atom stereocenters. The first-order chi connectivity index (χ1) is 20.9. The van der Waals surface area contributed by atoms with Gasteiger partial charge < -0.3 is 29.7 Å². The van der Waals surface area contributed by atoms with Gasteiger partial charge in [0.25, 0.3) is 0 Å². The summed E-state index contributed by atoms with van der Waals surface area (Å²) >= 11 is 0. The molecule has 1 aromatic rings. The number of ether oxygens (including phenoxy) is 2. The standard InChI is InChI=1S/C33H41N3O7/c1-21-28(22-11-4-2-5-12-22)42-32(41)26-24(15-8-9-16-25(38)34-21)43-33-17-10-18-35(23-13-6-3-7-14-23)31(40)29(33)36(19-20-37)30(39)27(26)33/h2,4-5,8,10-12,15,17,21,23-24,26-29,37H,3,6-7,9,13-14,16,18-20H2,1H3,(H,34,38)/b15-8-/t21-,24-,26+,27+,28+,29-,33+/m1/s1. The lowest BCUT2D eigenvalue weighted by Crippen LogP contribution is -2.57. The number of amides is 3. The SMILES string of the molecule is C[C@H]1NC(=O)CC/C=C\[C@H]2O[C@]34C=CCN(C5CCCCC5)C(=O)[C@H]3N(CCO)C(=O)[C@@H]4[C@H]2C(=O)O[C@@H]1c1ccccc1. The van der Waals surface area contributed by atoms with Crippen LogP contribution in [0.5, 0.6) is 0 Å². The Morgan fingerprint density at radius 1 is 1.02 bits per heavy atom. The van der Waals surface area contributed by atoms with Gasteiger partial charge in [-0.3, -0.25) is 19.2 Å². The lowest BCUT2D eigenvalue weighted by atomic mass is 9.77. The molecule has 10 heteroatoms. The number of aliphatic hydroxyl groups is 1. The quantitative estimate of drug-likeness (QED) is 0.407. The van der Waals surface area contributed by atoms with Gasteiger partial charge in [-0.2, -0.15) is 0 Å². The Balaban J connectivity index is 1.41. The van der Waals surface area contributed by atoms with Crippen LogP contribution in [0.3, 0.4) is 0 Å². The van der Waals surface area contributed by atoms with E-state index in [0.717, 1.165) is 32.1 Å². The summed E-state index contributed by atoms with van der Waals surface area (Å²) in [5.41, 5.74) is -0.681. The first-order valence-corrected chi connectivity index (χ1v) is 15.6. The molecule has 2 saturated heterocycles. The average Bonchev–Trinajstić information content (AvgIpc) is 3.39. The number of β-amino-alcohol motifs (C(OH)–C–C–N with tert-alkyl or cyclic N) is 1. The predicted molar refractivity (Wildman–Crippen MR) is 156 cm³/mol. The molecule has 10 nitrogen and oxygen atoms in total. The fourth-order valence-corrected chi connectivity index (χ4v) is 7.79. The smallest absolute Gasteiger partial charge is 0.313 e. The highest BCUT2D eigenvalue weighted by atomic mass is 16.6. The molecule has 0 radical (unpaired) electrons. The minimum absolute atomic E-state index is 0.0405. The normalized spacial score (nSPS) is 36.0. The number of fused-ring (bicyclic) bond motifs is 2. The number of rotatable bonds is 4.